The van der Waals surface area contributed by atoms with E-state index in [9.17, 15) is 0 Å². The zero-order chi connectivity index (χ0) is 8.97. The molecule has 0 heterocycles. The Labute approximate surface area is 75.0 Å². The van der Waals surface area contributed by atoms with Crippen molar-refractivity contribution in [2.24, 2.45) is 5.92 Å². The molecule has 0 aliphatic heterocycles. The first-order valence-electron chi connectivity index (χ1n) is 4.44. The van der Waals surface area contributed by atoms with E-state index >= 15 is 0 Å². The molecule has 0 nitrogen and oxygen atoms in total. The van der Waals surface area contributed by atoms with Crippen LogP contribution < -0.4 is 0 Å². The van der Waals surface area contributed by atoms with Crippen molar-refractivity contribution >= 4 is 0 Å². The van der Waals surface area contributed by atoms with Gasteiger partial charge in [0.2, 0.25) is 0 Å². The van der Waals surface area contributed by atoms with Crippen molar-refractivity contribution in [1.29, 1.82) is 0 Å². The van der Waals surface area contributed by atoms with Gasteiger partial charge in [0.1, 0.15) is 0 Å². The molecule has 0 saturated heterocycles. The fourth-order valence-electron chi connectivity index (χ4n) is 1.71. The Morgan fingerprint density at radius 3 is 2.50 bits per heavy atom. The maximum atomic E-state index is 3.72. The fraction of sp³-hybridized carbons (Fsp3) is 0.333. The molecule has 0 amide bonds. The highest BCUT2D eigenvalue weighted by atomic mass is 14.2. The van der Waals surface area contributed by atoms with Crippen LogP contribution in [0.2, 0.25) is 0 Å². The normalized spacial score (nSPS) is 29.6. The largest absolute Gasteiger partial charge is 0.0991 e. The van der Waals surface area contributed by atoms with Crippen molar-refractivity contribution in [1.82, 2.24) is 0 Å². The zero-order valence-corrected chi connectivity index (χ0v) is 7.72. The van der Waals surface area contributed by atoms with E-state index in [-0.39, 0.29) is 0 Å². The molecule has 0 aromatic rings. The van der Waals surface area contributed by atoms with Gasteiger partial charge in [-0.2, -0.15) is 0 Å². The molecule has 0 aromatic carbocycles. The summed E-state index contributed by atoms with van der Waals surface area (Å²) in [5.74, 6) is 0.689. The summed E-state index contributed by atoms with van der Waals surface area (Å²) < 4.78 is 0. The highest BCUT2D eigenvalue weighted by Crippen LogP contribution is 2.35. The third kappa shape index (κ3) is 1.76. The first-order valence-corrected chi connectivity index (χ1v) is 4.44. The molecule has 1 aliphatic rings. The molecule has 0 N–H and O–H groups in total. The van der Waals surface area contributed by atoms with Crippen LogP contribution in [0.25, 0.3) is 0 Å². The number of allylic oxidation sites excluding steroid dienone is 6. The van der Waals surface area contributed by atoms with Crippen LogP contribution >= 0.6 is 0 Å². The summed E-state index contributed by atoms with van der Waals surface area (Å²) >= 11 is 0. The molecule has 1 saturated carbocycles. The van der Waals surface area contributed by atoms with Crippen LogP contribution in [0.5, 0.6) is 0 Å². The Kier molecular flexibility index (Phi) is 3.09. The second kappa shape index (κ2) is 4.10. The van der Waals surface area contributed by atoms with E-state index in [1.807, 2.05) is 12.2 Å². The third-order valence-electron chi connectivity index (χ3n) is 2.36. The molecule has 0 heteroatoms. The summed E-state index contributed by atoms with van der Waals surface area (Å²) in [7, 11) is 0. The summed E-state index contributed by atoms with van der Waals surface area (Å²) in [5.41, 5.74) is 2.86. The van der Waals surface area contributed by atoms with Gasteiger partial charge >= 0.3 is 0 Å². The molecule has 1 rings (SSSR count). The van der Waals surface area contributed by atoms with E-state index < -0.39 is 0 Å². The van der Waals surface area contributed by atoms with Crippen molar-refractivity contribution in [3.63, 3.8) is 0 Å². The van der Waals surface area contributed by atoms with Gasteiger partial charge in [0.25, 0.3) is 0 Å². The highest BCUT2D eigenvalue weighted by Gasteiger charge is 2.19. The van der Waals surface area contributed by atoms with Crippen LogP contribution in [0.3, 0.4) is 0 Å². The van der Waals surface area contributed by atoms with Crippen LogP contribution in [-0.2, 0) is 0 Å². The first-order chi connectivity index (χ1) is 5.79. The fourth-order valence-corrected chi connectivity index (χ4v) is 1.71. The van der Waals surface area contributed by atoms with Crippen LogP contribution in [-0.4, -0.2) is 0 Å². The van der Waals surface area contributed by atoms with Gasteiger partial charge in [-0.3, -0.25) is 0 Å². The third-order valence-corrected chi connectivity index (χ3v) is 2.36. The number of hydrogen-bond acceptors (Lipinski definition) is 0. The van der Waals surface area contributed by atoms with Crippen molar-refractivity contribution in [2.45, 2.75) is 19.8 Å². The van der Waals surface area contributed by atoms with Gasteiger partial charge in [0, 0.05) is 0 Å². The second-order valence-electron chi connectivity index (χ2n) is 3.23. The Hall–Kier alpha value is -1.04. The van der Waals surface area contributed by atoms with Gasteiger partial charge in [-0.05, 0) is 29.9 Å². The molecule has 0 bridgehead atoms. The van der Waals surface area contributed by atoms with Gasteiger partial charge < -0.3 is 0 Å². The zero-order valence-electron chi connectivity index (χ0n) is 7.72. The van der Waals surface area contributed by atoms with E-state index in [1.54, 1.807) is 0 Å². The van der Waals surface area contributed by atoms with Crippen LogP contribution in [0, 0.1) is 5.92 Å². The molecule has 12 heavy (non-hydrogen) atoms. The molecule has 1 unspecified atom stereocenters. The Morgan fingerprint density at radius 2 is 1.92 bits per heavy atom. The smallest absolute Gasteiger partial charge is 0.0184 e. The lowest BCUT2D eigenvalue weighted by atomic mass is 10.0. The van der Waals surface area contributed by atoms with Crippen LogP contribution in [0.4, 0.5) is 0 Å². The lowest BCUT2D eigenvalue weighted by Gasteiger charge is -2.03. The standard InChI is InChI=1S/C12H16/c1-4-6-11-9-8-10(3)12(11)7-5-2/h4-7,10H,1-2,8-9H2,3H3/b11-6-,12-7-. The summed E-state index contributed by atoms with van der Waals surface area (Å²) in [6.45, 7) is 9.70. The first kappa shape index (κ1) is 9.05. The van der Waals surface area contributed by atoms with Crippen LogP contribution in [0.1, 0.15) is 19.8 Å². The Morgan fingerprint density at radius 1 is 1.25 bits per heavy atom. The van der Waals surface area contributed by atoms with Gasteiger partial charge in [-0.25, -0.2) is 0 Å². The average molecular weight is 160 g/mol. The molecule has 0 aromatic heterocycles. The van der Waals surface area contributed by atoms with Gasteiger partial charge in [-0.15, -0.1) is 0 Å². The monoisotopic (exact) mass is 160 g/mol. The SMILES string of the molecule is C=C/C=C1/CCC(C)/C1=C/C=C. The summed E-state index contributed by atoms with van der Waals surface area (Å²) in [4.78, 5) is 0. The number of hydrogen-bond donors (Lipinski definition) is 0. The Bertz CT molecular complexity index is 241. The van der Waals surface area contributed by atoms with Gasteiger partial charge in [-0.1, -0.05) is 44.4 Å². The summed E-state index contributed by atoms with van der Waals surface area (Å²) in [6, 6.07) is 0. The summed E-state index contributed by atoms with van der Waals surface area (Å²) in [6.07, 6.45) is 10.4. The summed E-state index contributed by atoms with van der Waals surface area (Å²) in [5, 5.41) is 0. The minimum absolute atomic E-state index is 0.689. The van der Waals surface area contributed by atoms with Gasteiger partial charge in [0.15, 0.2) is 0 Å². The maximum Gasteiger partial charge on any atom is -0.0184 e. The predicted octanol–water partition coefficient (Wildman–Crippen LogP) is 3.64. The Balaban J connectivity index is 2.91. The molecular formula is C12H16. The highest BCUT2D eigenvalue weighted by molar-refractivity contribution is 5.40. The van der Waals surface area contributed by atoms with Crippen molar-refractivity contribution in [2.75, 3.05) is 0 Å². The number of rotatable bonds is 2. The average Bonchev–Trinajstić information content (AvgIpc) is 2.37. The lowest BCUT2D eigenvalue weighted by Crippen LogP contribution is -1.88. The van der Waals surface area contributed by atoms with Crippen molar-refractivity contribution < 1.29 is 0 Å². The molecule has 1 fully saturated rings. The van der Waals surface area contributed by atoms with Crippen molar-refractivity contribution in [3.8, 4) is 0 Å². The topological polar surface area (TPSA) is 0 Å². The molecule has 1 aliphatic carbocycles. The molecule has 64 valence electrons. The minimum Gasteiger partial charge on any atom is -0.0991 e. The quantitative estimate of drug-likeness (QED) is 0.578. The predicted molar refractivity (Wildman–Crippen MR) is 55.0 cm³/mol. The van der Waals surface area contributed by atoms with E-state index in [1.165, 1.54) is 24.0 Å². The van der Waals surface area contributed by atoms with Crippen LogP contribution in [0.15, 0.2) is 48.6 Å². The maximum absolute atomic E-state index is 3.72. The van der Waals surface area contributed by atoms with E-state index in [2.05, 4.69) is 32.2 Å². The minimum atomic E-state index is 0.689. The van der Waals surface area contributed by atoms with Gasteiger partial charge in [0.05, 0.1) is 0 Å². The van der Waals surface area contributed by atoms with E-state index in [0.29, 0.717) is 5.92 Å². The van der Waals surface area contributed by atoms with E-state index in [4.69, 9.17) is 0 Å². The lowest BCUT2D eigenvalue weighted by molar-refractivity contribution is 0.697. The molecular weight excluding hydrogens is 144 g/mol. The van der Waals surface area contributed by atoms with E-state index in [0.717, 1.165) is 0 Å². The van der Waals surface area contributed by atoms with Crippen molar-refractivity contribution in [3.05, 3.63) is 48.6 Å². The molecule has 0 spiro atoms. The molecule has 0 radical (unpaired) electrons. The second-order valence-corrected chi connectivity index (χ2v) is 3.23. The molecule has 1 atom stereocenters.